The molecule has 0 fully saturated rings. The van der Waals surface area contributed by atoms with Gasteiger partial charge in [0.05, 0.1) is 11.3 Å². The summed E-state index contributed by atoms with van der Waals surface area (Å²) in [7, 11) is 0. The van der Waals surface area contributed by atoms with Gasteiger partial charge in [-0.3, -0.25) is 4.99 Å². The standard InChI is InChI=1S/C14H8ClF4N/c15-12-4-2-1-3-9(12)8-20-13-6-5-10(16)7-11(13)14(17,18)19/h1-8H/b20-8+. The van der Waals surface area contributed by atoms with Crippen molar-refractivity contribution in [3.8, 4) is 0 Å². The number of hydrogen-bond donors (Lipinski definition) is 0. The van der Waals surface area contributed by atoms with Crippen LogP contribution < -0.4 is 0 Å². The van der Waals surface area contributed by atoms with Crippen molar-refractivity contribution in [2.45, 2.75) is 6.18 Å². The lowest BCUT2D eigenvalue weighted by molar-refractivity contribution is -0.137. The maximum Gasteiger partial charge on any atom is 0.418 e. The van der Waals surface area contributed by atoms with Gasteiger partial charge in [-0.1, -0.05) is 29.8 Å². The van der Waals surface area contributed by atoms with E-state index in [0.29, 0.717) is 16.7 Å². The maximum atomic E-state index is 12.9. The first-order valence-electron chi connectivity index (χ1n) is 5.53. The van der Waals surface area contributed by atoms with Gasteiger partial charge in [0.2, 0.25) is 0 Å². The molecule has 6 heteroatoms. The minimum Gasteiger partial charge on any atom is -0.256 e. The summed E-state index contributed by atoms with van der Waals surface area (Å²) < 4.78 is 51.2. The summed E-state index contributed by atoms with van der Waals surface area (Å²) in [5, 5.41) is 0.368. The highest BCUT2D eigenvalue weighted by atomic mass is 35.5. The zero-order chi connectivity index (χ0) is 14.8. The molecule has 2 aromatic carbocycles. The molecular formula is C14H8ClF4N. The van der Waals surface area contributed by atoms with Gasteiger partial charge >= 0.3 is 6.18 Å². The Morgan fingerprint density at radius 2 is 1.75 bits per heavy atom. The third-order valence-corrected chi connectivity index (χ3v) is 2.86. The van der Waals surface area contributed by atoms with Crippen molar-refractivity contribution < 1.29 is 17.6 Å². The van der Waals surface area contributed by atoms with Crippen molar-refractivity contribution in [1.29, 1.82) is 0 Å². The number of hydrogen-bond acceptors (Lipinski definition) is 1. The summed E-state index contributed by atoms with van der Waals surface area (Å²) in [5.74, 6) is -0.964. The van der Waals surface area contributed by atoms with Gasteiger partial charge in [0.15, 0.2) is 0 Å². The molecule has 0 saturated carbocycles. The van der Waals surface area contributed by atoms with Crippen LogP contribution >= 0.6 is 11.6 Å². The predicted molar refractivity (Wildman–Crippen MR) is 70.1 cm³/mol. The topological polar surface area (TPSA) is 12.4 Å². The van der Waals surface area contributed by atoms with Gasteiger partial charge in [-0.15, -0.1) is 0 Å². The molecule has 0 saturated heterocycles. The van der Waals surface area contributed by atoms with Gasteiger partial charge in [-0.25, -0.2) is 4.39 Å². The van der Waals surface area contributed by atoms with Gasteiger partial charge in [-0.05, 0) is 24.3 Å². The fourth-order valence-corrected chi connectivity index (χ4v) is 1.75. The number of benzene rings is 2. The van der Waals surface area contributed by atoms with E-state index in [2.05, 4.69) is 4.99 Å². The smallest absolute Gasteiger partial charge is 0.256 e. The average molecular weight is 302 g/mol. The van der Waals surface area contributed by atoms with Crippen LogP contribution in [0.3, 0.4) is 0 Å². The summed E-state index contributed by atoms with van der Waals surface area (Å²) in [6.07, 6.45) is -3.46. The Balaban J connectivity index is 2.42. The Hall–Kier alpha value is -1.88. The third kappa shape index (κ3) is 3.36. The second-order valence-electron chi connectivity index (χ2n) is 3.94. The molecule has 0 aromatic heterocycles. The normalized spacial score (nSPS) is 12.1. The second kappa shape index (κ2) is 5.63. The highest BCUT2D eigenvalue weighted by Crippen LogP contribution is 2.36. The minimum absolute atomic E-state index is 0.362. The predicted octanol–water partition coefficient (Wildman–Crippen LogP) is 5.25. The third-order valence-electron chi connectivity index (χ3n) is 2.51. The molecular weight excluding hydrogens is 294 g/mol. The summed E-state index contributed by atoms with van der Waals surface area (Å²) >= 11 is 5.87. The van der Waals surface area contributed by atoms with Crippen LogP contribution in [0, 0.1) is 5.82 Å². The first-order chi connectivity index (χ1) is 9.38. The molecule has 0 aliphatic carbocycles. The summed E-state index contributed by atoms with van der Waals surface area (Å²) in [4.78, 5) is 3.75. The van der Waals surface area contributed by atoms with Crippen LogP contribution in [0.1, 0.15) is 11.1 Å². The van der Waals surface area contributed by atoms with Crippen LogP contribution in [0.4, 0.5) is 23.2 Å². The Morgan fingerprint density at radius 1 is 1.05 bits per heavy atom. The van der Waals surface area contributed by atoms with Crippen molar-refractivity contribution in [3.05, 3.63) is 64.4 Å². The highest BCUT2D eigenvalue weighted by molar-refractivity contribution is 6.33. The first-order valence-corrected chi connectivity index (χ1v) is 5.91. The molecule has 0 heterocycles. The van der Waals surface area contributed by atoms with Crippen molar-refractivity contribution in [2.24, 2.45) is 4.99 Å². The quantitative estimate of drug-likeness (QED) is 0.531. The molecule has 0 aliphatic rings. The Bertz CT molecular complexity index is 650. The Kier molecular flexibility index (Phi) is 4.09. The van der Waals surface area contributed by atoms with E-state index in [0.717, 1.165) is 12.1 Å². The largest absolute Gasteiger partial charge is 0.418 e. The van der Waals surface area contributed by atoms with Crippen LogP contribution in [-0.2, 0) is 6.18 Å². The fourth-order valence-electron chi connectivity index (χ4n) is 1.57. The summed E-state index contributed by atoms with van der Waals surface area (Å²) in [6, 6.07) is 8.90. The molecule has 0 amide bonds. The number of rotatable bonds is 2. The lowest BCUT2D eigenvalue weighted by Crippen LogP contribution is -2.05. The molecule has 20 heavy (non-hydrogen) atoms. The van der Waals surface area contributed by atoms with E-state index in [1.54, 1.807) is 24.3 Å². The second-order valence-corrected chi connectivity index (χ2v) is 4.35. The van der Waals surface area contributed by atoms with Crippen molar-refractivity contribution in [3.63, 3.8) is 0 Å². The SMILES string of the molecule is Fc1ccc(/N=C/c2ccccc2Cl)c(C(F)(F)F)c1. The molecule has 2 aromatic rings. The van der Waals surface area contributed by atoms with E-state index < -0.39 is 17.6 Å². The monoisotopic (exact) mass is 301 g/mol. The Labute approximate surface area is 117 Å². The molecule has 0 radical (unpaired) electrons. The molecule has 0 bridgehead atoms. The average Bonchev–Trinajstić information content (AvgIpc) is 2.38. The fraction of sp³-hybridized carbons (Fsp3) is 0.0714. The van der Waals surface area contributed by atoms with Crippen LogP contribution in [-0.4, -0.2) is 6.21 Å². The molecule has 0 atom stereocenters. The van der Waals surface area contributed by atoms with Crippen LogP contribution in [0.5, 0.6) is 0 Å². The molecule has 104 valence electrons. The number of aliphatic imine (C=N–C) groups is 1. The van der Waals surface area contributed by atoms with Gasteiger partial charge in [0.1, 0.15) is 5.82 Å². The van der Waals surface area contributed by atoms with E-state index in [4.69, 9.17) is 11.6 Å². The van der Waals surface area contributed by atoms with Crippen LogP contribution in [0.2, 0.25) is 5.02 Å². The maximum absolute atomic E-state index is 12.9. The lowest BCUT2D eigenvalue weighted by atomic mass is 10.1. The molecule has 0 N–H and O–H groups in total. The lowest BCUT2D eigenvalue weighted by Gasteiger charge is -2.09. The van der Waals surface area contributed by atoms with Crippen molar-refractivity contribution >= 4 is 23.5 Å². The summed E-state index contributed by atoms with van der Waals surface area (Å²) in [5.41, 5.74) is -1.01. The minimum atomic E-state index is -4.67. The van der Waals surface area contributed by atoms with Gasteiger partial charge in [0.25, 0.3) is 0 Å². The number of halogens is 5. The molecule has 0 aliphatic heterocycles. The number of nitrogens with zero attached hydrogens (tertiary/aromatic N) is 1. The van der Waals surface area contributed by atoms with Crippen molar-refractivity contribution in [1.82, 2.24) is 0 Å². The van der Waals surface area contributed by atoms with E-state index in [-0.39, 0.29) is 5.69 Å². The van der Waals surface area contributed by atoms with Gasteiger partial charge in [0, 0.05) is 16.8 Å². The number of alkyl halides is 3. The van der Waals surface area contributed by atoms with E-state index in [1.807, 2.05) is 0 Å². The zero-order valence-electron chi connectivity index (χ0n) is 9.96. The Morgan fingerprint density at radius 3 is 2.40 bits per heavy atom. The van der Waals surface area contributed by atoms with Crippen molar-refractivity contribution in [2.75, 3.05) is 0 Å². The van der Waals surface area contributed by atoms with Gasteiger partial charge < -0.3 is 0 Å². The van der Waals surface area contributed by atoms with Gasteiger partial charge in [-0.2, -0.15) is 13.2 Å². The molecule has 0 unspecified atom stereocenters. The first kappa shape index (κ1) is 14.5. The van der Waals surface area contributed by atoms with E-state index in [9.17, 15) is 17.6 Å². The highest BCUT2D eigenvalue weighted by Gasteiger charge is 2.33. The molecule has 2 rings (SSSR count). The van der Waals surface area contributed by atoms with E-state index >= 15 is 0 Å². The van der Waals surface area contributed by atoms with Crippen LogP contribution in [0.25, 0.3) is 0 Å². The summed E-state index contributed by atoms with van der Waals surface area (Å²) in [6.45, 7) is 0. The van der Waals surface area contributed by atoms with E-state index in [1.165, 1.54) is 6.21 Å². The molecule has 0 spiro atoms. The van der Waals surface area contributed by atoms with Crippen LogP contribution in [0.15, 0.2) is 47.5 Å². The zero-order valence-corrected chi connectivity index (χ0v) is 10.7. The molecule has 1 nitrogen and oxygen atoms in total.